The van der Waals surface area contributed by atoms with Gasteiger partial charge in [-0.3, -0.25) is 4.79 Å². The quantitative estimate of drug-likeness (QED) is 0.566. The fourth-order valence-corrected chi connectivity index (χ4v) is 1.43. The summed E-state index contributed by atoms with van der Waals surface area (Å²) in [6.45, 7) is 4.53. The number of hydrogen-bond acceptors (Lipinski definition) is 3. The first-order chi connectivity index (χ1) is 7.27. The lowest BCUT2D eigenvalue weighted by atomic mass is 10.4. The Hall–Kier alpha value is -1.29. The summed E-state index contributed by atoms with van der Waals surface area (Å²) in [5.41, 5.74) is 1.24. The molecule has 0 amide bonds. The van der Waals surface area contributed by atoms with Crippen LogP contribution in [-0.4, -0.2) is 24.2 Å². The maximum absolute atomic E-state index is 10.8. The summed E-state index contributed by atoms with van der Waals surface area (Å²) in [7, 11) is 1.41. The van der Waals surface area contributed by atoms with Crippen molar-refractivity contribution in [2.75, 3.05) is 13.7 Å². The third-order valence-corrected chi connectivity index (χ3v) is 2.30. The predicted octanol–water partition coefficient (Wildman–Crippen LogP) is 1.16. The van der Waals surface area contributed by atoms with E-state index in [1.54, 1.807) is 0 Å². The van der Waals surface area contributed by atoms with Crippen molar-refractivity contribution in [3.8, 4) is 0 Å². The van der Waals surface area contributed by atoms with Crippen molar-refractivity contribution >= 4 is 5.97 Å². The van der Waals surface area contributed by atoms with Crippen molar-refractivity contribution in [3.63, 3.8) is 0 Å². The number of aromatic nitrogens is 1. The fourth-order valence-electron chi connectivity index (χ4n) is 1.43. The average molecular weight is 210 g/mol. The second kappa shape index (κ2) is 6.24. The van der Waals surface area contributed by atoms with Crippen molar-refractivity contribution in [1.82, 2.24) is 9.88 Å². The van der Waals surface area contributed by atoms with E-state index in [0.29, 0.717) is 13.0 Å². The van der Waals surface area contributed by atoms with Crippen LogP contribution in [0.1, 0.15) is 19.0 Å². The van der Waals surface area contributed by atoms with E-state index in [2.05, 4.69) is 33.8 Å². The molecule has 4 heteroatoms. The van der Waals surface area contributed by atoms with Crippen LogP contribution in [-0.2, 0) is 22.6 Å². The van der Waals surface area contributed by atoms with E-state index in [-0.39, 0.29) is 5.97 Å². The molecule has 0 atom stereocenters. The van der Waals surface area contributed by atoms with Gasteiger partial charge in [0.25, 0.3) is 0 Å². The molecule has 0 aliphatic carbocycles. The van der Waals surface area contributed by atoms with Crippen LogP contribution in [0.3, 0.4) is 0 Å². The Morgan fingerprint density at radius 3 is 3.07 bits per heavy atom. The molecule has 84 valence electrons. The molecule has 0 fully saturated rings. The molecule has 1 aromatic rings. The highest BCUT2D eigenvalue weighted by Gasteiger charge is 2.01. The lowest BCUT2D eigenvalue weighted by Gasteiger charge is -2.07. The number of rotatable bonds is 6. The Bertz CT molecular complexity index is 307. The van der Waals surface area contributed by atoms with Crippen LogP contribution in [0.4, 0.5) is 0 Å². The van der Waals surface area contributed by atoms with Crippen LogP contribution in [0.25, 0.3) is 0 Å². The zero-order valence-corrected chi connectivity index (χ0v) is 9.32. The third-order valence-electron chi connectivity index (χ3n) is 2.30. The molecular formula is C11H18N2O2. The zero-order valence-electron chi connectivity index (χ0n) is 9.32. The van der Waals surface area contributed by atoms with Gasteiger partial charge in [-0.25, -0.2) is 0 Å². The normalized spacial score (nSPS) is 10.3. The molecule has 0 aliphatic rings. The van der Waals surface area contributed by atoms with E-state index in [1.807, 2.05) is 6.07 Å². The molecule has 15 heavy (non-hydrogen) atoms. The van der Waals surface area contributed by atoms with E-state index in [9.17, 15) is 4.79 Å². The zero-order chi connectivity index (χ0) is 11.1. The summed E-state index contributed by atoms with van der Waals surface area (Å²) in [6, 6.07) is 4.11. The molecule has 0 spiro atoms. The van der Waals surface area contributed by atoms with Crippen LogP contribution in [0.2, 0.25) is 0 Å². The predicted molar refractivity (Wildman–Crippen MR) is 58.4 cm³/mol. The number of carbonyl (C=O) groups is 1. The smallest absolute Gasteiger partial charge is 0.306 e. The van der Waals surface area contributed by atoms with Crippen LogP contribution >= 0.6 is 0 Å². The van der Waals surface area contributed by atoms with Crippen molar-refractivity contribution in [3.05, 3.63) is 24.0 Å². The van der Waals surface area contributed by atoms with Crippen LogP contribution in [0, 0.1) is 0 Å². The maximum atomic E-state index is 10.8. The lowest BCUT2D eigenvalue weighted by molar-refractivity contribution is -0.140. The Balaban J connectivity index is 2.23. The second-order valence-corrected chi connectivity index (χ2v) is 3.29. The van der Waals surface area contributed by atoms with Gasteiger partial charge < -0.3 is 14.6 Å². The maximum Gasteiger partial charge on any atom is 0.306 e. The van der Waals surface area contributed by atoms with Crippen LogP contribution in [0.15, 0.2) is 18.3 Å². The molecule has 0 bridgehead atoms. The molecule has 1 rings (SSSR count). The van der Waals surface area contributed by atoms with Gasteiger partial charge in [-0.2, -0.15) is 0 Å². The van der Waals surface area contributed by atoms with E-state index in [1.165, 1.54) is 12.8 Å². The molecule has 0 radical (unpaired) electrons. The van der Waals surface area contributed by atoms with Gasteiger partial charge in [0.15, 0.2) is 0 Å². The summed E-state index contributed by atoms with van der Waals surface area (Å²) in [5.74, 6) is -0.173. The number of nitrogens with one attached hydrogen (secondary N) is 1. The largest absolute Gasteiger partial charge is 0.469 e. The summed E-state index contributed by atoms with van der Waals surface area (Å²) in [5, 5.41) is 3.21. The molecule has 0 unspecified atom stereocenters. The van der Waals surface area contributed by atoms with Gasteiger partial charge in [0.1, 0.15) is 0 Å². The number of hydrogen-bond donors (Lipinski definition) is 1. The summed E-state index contributed by atoms with van der Waals surface area (Å²) in [6.07, 6.45) is 2.47. The van der Waals surface area contributed by atoms with Gasteiger partial charge in [0.05, 0.1) is 13.5 Å². The fraction of sp³-hybridized carbons (Fsp3) is 0.545. The molecule has 4 nitrogen and oxygen atoms in total. The molecule has 1 aromatic heterocycles. The molecule has 0 aliphatic heterocycles. The van der Waals surface area contributed by atoms with E-state index in [4.69, 9.17) is 0 Å². The summed E-state index contributed by atoms with van der Waals surface area (Å²) >= 11 is 0. The number of esters is 1. The number of ether oxygens (including phenoxy) is 1. The molecule has 0 saturated carbocycles. The Morgan fingerprint density at radius 1 is 1.60 bits per heavy atom. The number of nitrogens with zero attached hydrogens (tertiary/aromatic N) is 1. The minimum Gasteiger partial charge on any atom is -0.469 e. The van der Waals surface area contributed by atoms with Gasteiger partial charge in [0.2, 0.25) is 0 Å². The monoisotopic (exact) mass is 210 g/mol. The Kier molecular flexibility index (Phi) is 4.90. The van der Waals surface area contributed by atoms with Gasteiger partial charge in [-0.05, 0) is 19.1 Å². The van der Waals surface area contributed by atoms with Gasteiger partial charge in [-0.1, -0.05) is 0 Å². The van der Waals surface area contributed by atoms with Gasteiger partial charge in [-0.15, -0.1) is 0 Å². The number of methoxy groups -OCH3 is 1. The standard InChI is InChI=1S/C11H18N2O2/c1-3-13-8-4-5-10(13)9-12-7-6-11(14)15-2/h4-5,8,12H,3,6-7,9H2,1-2H3. The van der Waals surface area contributed by atoms with Crippen molar-refractivity contribution in [1.29, 1.82) is 0 Å². The number of aryl methyl sites for hydroxylation is 1. The first kappa shape index (κ1) is 11.8. The summed E-state index contributed by atoms with van der Waals surface area (Å²) < 4.78 is 6.72. The first-order valence-corrected chi connectivity index (χ1v) is 5.19. The highest BCUT2D eigenvalue weighted by Crippen LogP contribution is 2.01. The highest BCUT2D eigenvalue weighted by atomic mass is 16.5. The van der Waals surface area contributed by atoms with E-state index < -0.39 is 0 Å². The Labute approximate surface area is 90.2 Å². The molecule has 0 saturated heterocycles. The summed E-state index contributed by atoms with van der Waals surface area (Å²) in [4.78, 5) is 10.8. The molecular weight excluding hydrogens is 192 g/mol. The minimum atomic E-state index is -0.173. The second-order valence-electron chi connectivity index (χ2n) is 3.29. The van der Waals surface area contributed by atoms with E-state index in [0.717, 1.165) is 13.1 Å². The van der Waals surface area contributed by atoms with Crippen molar-refractivity contribution in [2.45, 2.75) is 26.4 Å². The topological polar surface area (TPSA) is 43.3 Å². The first-order valence-electron chi connectivity index (χ1n) is 5.19. The lowest BCUT2D eigenvalue weighted by Crippen LogP contribution is -2.20. The van der Waals surface area contributed by atoms with Crippen molar-refractivity contribution in [2.24, 2.45) is 0 Å². The molecule has 0 aromatic carbocycles. The molecule has 1 N–H and O–H groups in total. The molecule has 1 heterocycles. The number of carbonyl (C=O) groups excluding carboxylic acids is 1. The highest BCUT2D eigenvalue weighted by molar-refractivity contribution is 5.69. The van der Waals surface area contributed by atoms with Gasteiger partial charge in [0, 0.05) is 31.5 Å². The SMILES string of the molecule is CCn1cccc1CNCCC(=O)OC. The average Bonchev–Trinajstić information content (AvgIpc) is 2.71. The van der Waals surface area contributed by atoms with Crippen LogP contribution < -0.4 is 5.32 Å². The van der Waals surface area contributed by atoms with Crippen molar-refractivity contribution < 1.29 is 9.53 Å². The minimum absolute atomic E-state index is 0.173. The van der Waals surface area contributed by atoms with Crippen LogP contribution in [0.5, 0.6) is 0 Å². The van der Waals surface area contributed by atoms with E-state index >= 15 is 0 Å². The third kappa shape index (κ3) is 3.75. The Morgan fingerprint density at radius 2 is 2.40 bits per heavy atom. The van der Waals surface area contributed by atoms with Gasteiger partial charge >= 0.3 is 5.97 Å².